The van der Waals surface area contributed by atoms with Crippen molar-refractivity contribution in [2.45, 2.75) is 26.8 Å². The van der Waals surface area contributed by atoms with Crippen molar-refractivity contribution in [3.05, 3.63) is 24.0 Å². The maximum atomic E-state index is 11.4. The summed E-state index contributed by atoms with van der Waals surface area (Å²) in [5.74, 6) is 0.336. The van der Waals surface area contributed by atoms with Gasteiger partial charge in [0.25, 0.3) is 0 Å². The highest BCUT2D eigenvalue weighted by molar-refractivity contribution is 7.91. The van der Waals surface area contributed by atoms with Gasteiger partial charge in [-0.1, -0.05) is 6.92 Å². The number of aromatic nitrogens is 1. The van der Waals surface area contributed by atoms with E-state index in [-0.39, 0.29) is 17.5 Å². The Bertz CT molecular complexity index is 426. The fourth-order valence-corrected chi connectivity index (χ4v) is 2.46. The Morgan fingerprint density at radius 3 is 2.62 bits per heavy atom. The average molecular weight is 242 g/mol. The van der Waals surface area contributed by atoms with Crippen molar-refractivity contribution in [3.63, 3.8) is 0 Å². The molecular formula is C11H18N2O2S. The van der Waals surface area contributed by atoms with E-state index in [0.717, 1.165) is 11.4 Å². The minimum Gasteiger partial charge on any atom is -0.380 e. The summed E-state index contributed by atoms with van der Waals surface area (Å²) in [5.41, 5.74) is 1.80. The third kappa shape index (κ3) is 4.18. The zero-order chi connectivity index (χ0) is 12.2. The molecule has 0 amide bonds. The van der Waals surface area contributed by atoms with Crippen LogP contribution >= 0.6 is 0 Å². The summed E-state index contributed by atoms with van der Waals surface area (Å²) >= 11 is 0. The van der Waals surface area contributed by atoms with Crippen molar-refractivity contribution >= 4 is 15.5 Å². The Labute approximate surface area is 97.0 Å². The van der Waals surface area contributed by atoms with E-state index in [2.05, 4.69) is 10.3 Å². The number of aryl methyl sites for hydroxylation is 1. The van der Waals surface area contributed by atoms with E-state index in [9.17, 15) is 8.42 Å². The van der Waals surface area contributed by atoms with Gasteiger partial charge in [-0.3, -0.25) is 4.98 Å². The maximum absolute atomic E-state index is 11.4. The van der Waals surface area contributed by atoms with Crippen LogP contribution in [0.3, 0.4) is 0 Å². The fraction of sp³-hybridized carbons (Fsp3) is 0.545. The van der Waals surface area contributed by atoms with Crippen molar-refractivity contribution in [2.75, 3.05) is 16.8 Å². The molecule has 4 nitrogen and oxygen atoms in total. The molecule has 1 atom stereocenters. The summed E-state index contributed by atoms with van der Waals surface area (Å²) in [5, 5.41) is 3.12. The molecule has 0 radical (unpaired) electrons. The van der Waals surface area contributed by atoms with Gasteiger partial charge in [-0.05, 0) is 26.0 Å². The van der Waals surface area contributed by atoms with Crippen molar-refractivity contribution in [3.8, 4) is 0 Å². The molecule has 0 spiro atoms. The van der Waals surface area contributed by atoms with Crippen LogP contribution < -0.4 is 5.32 Å². The van der Waals surface area contributed by atoms with Gasteiger partial charge in [0.1, 0.15) is 0 Å². The van der Waals surface area contributed by atoms with Crippen LogP contribution in [-0.2, 0) is 9.84 Å². The Balaban J connectivity index is 2.58. The number of anilines is 1. The summed E-state index contributed by atoms with van der Waals surface area (Å²) in [6.07, 6.45) is 1.71. The van der Waals surface area contributed by atoms with Gasteiger partial charge in [0.05, 0.1) is 17.6 Å². The Morgan fingerprint density at radius 2 is 2.12 bits per heavy atom. The molecule has 5 heteroatoms. The van der Waals surface area contributed by atoms with Crippen LogP contribution in [0.15, 0.2) is 18.3 Å². The molecule has 0 aliphatic heterocycles. The smallest absolute Gasteiger partial charge is 0.152 e. The molecule has 1 aromatic rings. The minimum atomic E-state index is -2.93. The molecule has 0 aromatic carbocycles. The van der Waals surface area contributed by atoms with E-state index in [1.54, 1.807) is 13.1 Å². The summed E-state index contributed by atoms with van der Waals surface area (Å²) < 4.78 is 22.8. The van der Waals surface area contributed by atoms with Gasteiger partial charge in [-0.2, -0.15) is 0 Å². The highest BCUT2D eigenvalue weighted by atomic mass is 32.2. The molecule has 0 saturated carbocycles. The first-order valence-corrected chi connectivity index (χ1v) is 7.14. The van der Waals surface area contributed by atoms with E-state index >= 15 is 0 Å². The van der Waals surface area contributed by atoms with E-state index in [1.165, 1.54) is 0 Å². The highest BCUT2D eigenvalue weighted by Crippen LogP contribution is 2.08. The normalized spacial score (nSPS) is 13.4. The first-order valence-electron chi connectivity index (χ1n) is 5.32. The number of hydrogen-bond acceptors (Lipinski definition) is 4. The van der Waals surface area contributed by atoms with Gasteiger partial charge < -0.3 is 5.32 Å². The molecule has 0 aliphatic carbocycles. The van der Waals surface area contributed by atoms with Crippen molar-refractivity contribution in [2.24, 2.45) is 0 Å². The van der Waals surface area contributed by atoms with E-state index < -0.39 is 9.84 Å². The second-order valence-electron chi connectivity index (χ2n) is 3.93. The van der Waals surface area contributed by atoms with Gasteiger partial charge in [-0.15, -0.1) is 0 Å². The van der Waals surface area contributed by atoms with Crippen molar-refractivity contribution in [1.82, 2.24) is 4.98 Å². The molecule has 1 rings (SSSR count). The Morgan fingerprint density at radius 1 is 1.44 bits per heavy atom. The zero-order valence-corrected chi connectivity index (χ0v) is 10.7. The first-order chi connectivity index (χ1) is 7.43. The Kier molecular flexibility index (Phi) is 4.29. The van der Waals surface area contributed by atoms with E-state index in [1.807, 2.05) is 26.0 Å². The number of pyridine rings is 1. The van der Waals surface area contributed by atoms with Gasteiger partial charge in [0.15, 0.2) is 9.84 Å². The van der Waals surface area contributed by atoms with Crippen molar-refractivity contribution < 1.29 is 8.42 Å². The minimum absolute atomic E-state index is 0.102. The lowest BCUT2D eigenvalue weighted by Crippen LogP contribution is -2.26. The molecule has 90 valence electrons. The number of nitrogens with one attached hydrogen (secondary N) is 1. The van der Waals surface area contributed by atoms with Gasteiger partial charge in [0, 0.05) is 17.5 Å². The lowest BCUT2D eigenvalue weighted by atomic mass is 10.3. The van der Waals surface area contributed by atoms with Gasteiger partial charge in [0.2, 0.25) is 0 Å². The SMILES string of the molecule is CCS(=O)(=O)CC(C)Nc1ccc(C)nc1. The van der Waals surface area contributed by atoms with Crippen LogP contribution in [0.1, 0.15) is 19.5 Å². The Hall–Kier alpha value is -1.10. The fourth-order valence-electron chi connectivity index (χ4n) is 1.38. The van der Waals surface area contributed by atoms with Crippen LogP contribution in [0, 0.1) is 6.92 Å². The topological polar surface area (TPSA) is 59.1 Å². The van der Waals surface area contributed by atoms with Gasteiger partial charge >= 0.3 is 0 Å². The average Bonchev–Trinajstić information content (AvgIpc) is 2.21. The third-order valence-corrected chi connectivity index (χ3v) is 4.16. The van der Waals surface area contributed by atoms with Gasteiger partial charge in [-0.25, -0.2) is 8.42 Å². The first kappa shape index (κ1) is 13.0. The van der Waals surface area contributed by atoms with E-state index in [4.69, 9.17) is 0 Å². The van der Waals surface area contributed by atoms with Crippen LogP contribution in [0.25, 0.3) is 0 Å². The monoisotopic (exact) mass is 242 g/mol. The molecule has 0 aliphatic rings. The van der Waals surface area contributed by atoms with Crippen LogP contribution in [0.5, 0.6) is 0 Å². The van der Waals surface area contributed by atoms with Crippen LogP contribution in [-0.4, -0.2) is 30.9 Å². The predicted molar refractivity (Wildman–Crippen MR) is 66.4 cm³/mol. The summed E-state index contributed by atoms with van der Waals surface area (Å²) in [7, 11) is -2.93. The zero-order valence-electron chi connectivity index (χ0n) is 9.90. The summed E-state index contributed by atoms with van der Waals surface area (Å²) in [6.45, 7) is 5.43. The second-order valence-corrected chi connectivity index (χ2v) is 6.33. The summed E-state index contributed by atoms with van der Waals surface area (Å²) in [4.78, 5) is 4.14. The third-order valence-electron chi connectivity index (χ3n) is 2.27. The quantitative estimate of drug-likeness (QED) is 0.852. The molecule has 0 bridgehead atoms. The van der Waals surface area contributed by atoms with Crippen molar-refractivity contribution in [1.29, 1.82) is 0 Å². The lowest BCUT2D eigenvalue weighted by Gasteiger charge is -2.14. The largest absolute Gasteiger partial charge is 0.380 e. The molecule has 0 fully saturated rings. The molecule has 1 unspecified atom stereocenters. The van der Waals surface area contributed by atoms with Crippen LogP contribution in [0.4, 0.5) is 5.69 Å². The number of sulfone groups is 1. The van der Waals surface area contributed by atoms with E-state index in [0.29, 0.717) is 0 Å². The molecule has 0 saturated heterocycles. The molecular weight excluding hydrogens is 224 g/mol. The molecule has 1 heterocycles. The number of hydrogen-bond donors (Lipinski definition) is 1. The molecule has 1 aromatic heterocycles. The molecule has 1 N–H and O–H groups in total. The second kappa shape index (κ2) is 5.30. The standard InChI is InChI=1S/C11H18N2O2S/c1-4-16(14,15)8-10(3)13-11-6-5-9(2)12-7-11/h5-7,10,13H,4,8H2,1-3H3. The summed E-state index contributed by atoms with van der Waals surface area (Å²) in [6, 6.07) is 3.69. The maximum Gasteiger partial charge on any atom is 0.152 e. The number of nitrogens with zero attached hydrogens (tertiary/aromatic N) is 1. The lowest BCUT2D eigenvalue weighted by molar-refractivity contribution is 0.593. The highest BCUT2D eigenvalue weighted by Gasteiger charge is 2.13. The molecule has 16 heavy (non-hydrogen) atoms. The number of rotatable bonds is 5. The predicted octanol–water partition coefficient (Wildman–Crippen LogP) is 1.63. The van der Waals surface area contributed by atoms with Crippen LogP contribution in [0.2, 0.25) is 0 Å².